The molecule has 0 bridgehead atoms. The highest BCUT2D eigenvalue weighted by molar-refractivity contribution is 9.09. The van der Waals surface area contributed by atoms with Crippen molar-refractivity contribution in [2.75, 3.05) is 24.3 Å². The normalized spacial score (nSPS) is 18.9. The minimum absolute atomic E-state index is 0.0506. The average molecular weight is 746 g/mol. The number of carbonyl (C=O) groups excluding carboxylic acids is 3. The van der Waals surface area contributed by atoms with E-state index < -0.39 is 47.3 Å². The van der Waals surface area contributed by atoms with Gasteiger partial charge >= 0.3 is 12.1 Å². The molecule has 1 aliphatic carbocycles. The van der Waals surface area contributed by atoms with E-state index in [1.54, 1.807) is 36.5 Å². The maximum atomic E-state index is 14.0. The number of halogens is 4. The van der Waals surface area contributed by atoms with Gasteiger partial charge in [-0.2, -0.15) is 13.2 Å². The Labute approximate surface area is 288 Å². The van der Waals surface area contributed by atoms with Crippen LogP contribution in [0, 0.1) is 5.92 Å². The summed E-state index contributed by atoms with van der Waals surface area (Å²) in [4.78, 5) is 55.6. The van der Waals surface area contributed by atoms with Crippen LogP contribution in [0.15, 0.2) is 100.0 Å². The van der Waals surface area contributed by atoms with E-state index in [2.05, 4.69) is 41.2 Å². The smallest absolute Gasteiger partial charge is 0.434 e. The number of allylic oxidation sites excluding steroid dienone is 2. The molecular weight excluding hydrogens is 721 g/mol. The molecule has 1 fully saturated rings. The van der Waals surface area contributed by atoms with Gasteiger partial charge < -0.3 is 30.0 Å². The summed E-state index contributed by atoms with van der Waals surface area (Å²) in [7, 11) is 0.961. The maximum absolute atomic E-state index is 14.0. The van der Waals surface area contributed by atoms with Gasteiger partial charge in [-0.15, -0.1) is 0 Å². The van der Waals surface area contributed by atoms with Crippen molar-refractivity contribution in [3.05, 3.63) is 106 Å². The summed E-state index contributed by atoms with van der Waals surface area (Å²) in [5, 5.41) is 16.4. The van der Waals surface area contributed by atoms with Gasteiger partial charge in [0.15, 0.2) is 5.70 Å². The van der Waals surface area contributed by atoms with Crippen LogP contribution in [0.1, 0.15) is 21.0 Å². The molecule has 11 nitrogen and oxygen atoms in total. The number of aromatic amines is 2. The number of carbonyl (C=O) groups is 3. The second-order valence-electron chi connectivity index (χ2n) is 12.0. The minimum atomic E-state index is -5.00. The van der Waals surface area contributed by atoms with Crippen LogP contribution in [-0.4, -0.2) is 79.7 Å². The largest absolute Gasteiger partial charge is 0.465 e. The Balaban J connectivity index is 1.09. The second-order valence-corrected chi connectivity index (χ2v) is 12.6. The Kier molecular flexibility index (Phi) is 7.31. The van der Waals surface area contributed by atoms with Crippen molar-refractivity contribution >= 4 is 77.8 Å². The van der Waals surface area contributed by atoms with Crippen molar-refractivity contribution in [1.82, 2.24) is 19.9 Å². The number of aliphatic hydroxyl groups is 1. The van der Waals surface area contributed by atoms with E-state index >= 15 is 0 Å². The first-order chi connectivity index (χ1) is 24.0. The number of aliphatic hydroxyl groups excluding tert-OH is 1. The molecule has 5 aromatic rings. The number of para-hydroxylation sites is 1. The number of methoxy groups -OCH3 is 1. The molecule has 0 spiro atoms. The van der Waals surface area contributed by atoms with Crippen molar-refractivity contribution in [3.63, 3.8) is 0 Å². The number of H-pyrrole nitrogens is 2. The van der Waals surface area contributed by atoms with Gasteiger partial charge in [0.25, 0.3) is 11.8 Å². The van der Waals surface area contributed by atoms with E-state index in [1.807, 2.05) is 24.3 Å². The first kappa shape index (κ1) is 31.7. The molecule has 50 heavy (non-hydrogen) atoms. The fourth-order valence-corrected chi connectivity index (χ4v) is 7.36. The van der Waals surface area contributed by atoms with E-state index in [-0.39, 0.29) is 45.8 Å². The molecule has 1 saturated heterocycles. The van der Waals surface area contributed by atoms with E-state index in [1.165, 1.54) is 11.0 Å². The lowest BCUT2D eigenvalue weighted by molar-refractivity contribution is -0.137. The number of hydrogen-bond donors (Lipinski definition) is 4. The number of benzene rings is 2. The monoisotopic (exact) mass is 744 g/mol. The number of amides is 2. The van der Waals surface area contributed by atoms with E-state index in [0.29, 0.717) is 16.6 Å². The predicted molar refractivity (Wildman–Crippen MR) is 182 cm³/mol. The van der Waals surface area contributed by atoms with Crippen molar-refractivity contribution in [1.29, 1.82) is 0 Å². The van der Waals surface area contributed by atoms with Gasteiger partial charge in [-0.05, 0) is 48.0 Å². The van der Waals surface area contributed by atoms with Crippen LogP contribution >= 0.6 is 15.9 Å². The number of likely N-dealkylation sites (tertiary alicyclic amines) is 1. The van der Waals surface area contributed by atoms with E-state index in [9.17, 15) is 32.7 Å². The zero-order chi connectivity index (χ0) is 35.1. The summed E-state index contributed by atoms with van der Waals surface area (Å²) in [6, 6.07) is 16.1. The molecule has 2 aliphatic heterocycles. The molecule has 0 saturated carbocycles. The van der Waals surface area contributed by atoms with Crippen molar-refractivity contribution in [3.8, 4) is 0 Å². The topological polar surface area (TPSA) is 153 Å². The third-order valence-electron chi connectivity index (χ3n) is 9.04. The number of hydrogen-bond acceptors (Lipinski definition) is 7. The number of nitrogens with zero attached hydrogens (tertiary/aromatic N) is 3. The molecule has 2 aromatic carbocycles. The highest BCUT2D eigenvalue weighted by Crippen LogP contribution is 2.48. The molecule has 3 aliphatic rings. The summed E-state index contributed by atoms with van der Waals surface area (Å²) in [6.07, 6.45) is -3.74. The number of alkyl halides is 4. The SMILES string of the molecule is COC(=O)C1=C(C(F)(F)F)N=C2C1=C1C(=CC2O)N(C(=O)c2cc3cc(NC(=O)c4cc5c(cn4)[nH]c4ccccc45)ccc3[nH]2)CC1CBr. The minimum Gasteiger partial charge on any atom is -0.465 e. The van der Waals surface area contributed by atoms with Crippen molar-refractivity contribution in [2.24, 2.45) is 10.9 Å². The van der Waals surface area contributed by atoms with E-state index in [4.69, 9.17) is 4.74 Å². The molecule has 4 N–H and O–H groups in total. The number of anilines is 1. The van der Waals surface area contributed by atoms with Crippen LogP contribution in [0.2, 0.25) is 0 Å². The molecule has 15 heteroatoms. The fraction of sp³-hybridized carbons (Fsp3) is 0.171. The van der Waals surface area contributed by atoms with Gasteiger partial charge in [-0.1, -0.05) is 34.1 Å². The molecule has 5 heterocycles. The van der Waals surface area contributed by atoms with Gasteiger partial charge in [0.1, 0.15) is 17.5 Å². The summed E-state index contributed by atoms with van der Waals surface area (Å²) in [6.45, 7) is 0.0506. The summed E-state index contributed by atoms with van der Waals surface area (Å²) in [5.74, 6) is -2.72. The molecule has 8 rings (SSSR count). The molecule has 2 amide bonds. The Morgan fingerprint density at radius 1 is 1.06 bits per heavy atom. The zero-order valence-electron chi connectivity index (χ0n) is 25.9. The molecule has 252 valence electrons. The van der Waals surface area contributed by atoms with Crippen LogP contribution in [0.25, 0.3) is 32.7 Å². The highest BCUT2D eigenvalue weighted by Gasteiger charge is 2.51. The number of ether oxygens (including phenoxy) is 1. The average Bonchev–Trinajstić information content (AvgIpc) is 3.88. The highest BCUT2D eigenvalue weighted by atomic mass is 79.9. The lowest BCUT2D eigenvalue weighted by atomic mass is 9.84. The number of pyridine rings is 1. The number of fused-ring (bicyclic) bond motifs is 6. The Hall–Kier alpha value is -5.54. The number of esters is 1. The maximum Gasteiger partial charge on any atom is 0.434 e. The van der Waals surface area contributed by atoms with Crippen LogP contribution in [0.3, 0.4) is 0 Å². The lowest BCUT2D eigenvalue weighted by Crippen LogP contribution is -2.32. The number of aliphatic imine (C=N–C) groups is 1. The third kappa shape index (κ3) is 4.95. The predicted octanol–water partition coefficient (Wildman–Crippen LogP) is 5.92. The van der Waals surface area contributed by atoms with Crippen LogP contribution in [0.5, 0.6) is 0 Å². The fourth-order valence-electron chi connectivity index (χ4n) is 6.83. The van der Waals surface area contributed by atoms with Gasteiger partial charge in [0.05, 0.1) is 30.1 Å². The quantitative estimate of drug-likeness (QED) is 0.130. The standard InChI is InChI=1S/C35H24BrF3N6O5/c1-50-34(49)29-28-27-16(12-36)14-45(25(27)11-26(46)30(28)44-31(29)35(37,38)39)33(48)23-9-15-8-17(6-7-20(15)42-23)41-32(47)22-10-19-18-4-2-3-5-21(18)43-24(19)13-40-22/h2-11,13,16,26,42-43,46H,12,14H2,1H3,(H,41,47). The molecule has 2 unspecified atom stereocenters. The van der Waals surface area contributed by atoms with E-state index in [0.717, 1.165) is 28.9 Å². The van der Waals surface area contributed by atoms with Gasteiger partial charge in [0, 0.05) is 61.9 Å². The van der Waals surface area contributed by atoms with Crippen LogP contribution < -0.4 is 5.32 Å². The van der Waals surface area contributed by atoms with Crippen LogP contribution in [0.4, 0.5) is 18.9 Å². The Bertz CT molecular complexity index is 2460. The van der Waals surface area contributed by atoms with Gasteiger partial charge in [-0.25, -0.2) is 14.8 Å². The third-order valence-corrected chi connectivity index (χ3v) is 9.82. The van der Waals surface area contributed by atoms with Crippen molar-refractivity contribution < 1.29 is 37.4 Å². The molecular formula is C35H24BrF3N6O5. The number of aromatic nitrogens is 3. The summed E-state index contributed by atoms with van der Waals surface area (Å²) < 4.78 is 46.7. The Morgan fingerprint density at radius 3 is 2.62 bits per heavy atom. The zero-order valence-corrected chi connectivity index (χ0v) is 27.4. The first-order valence-electron chi connectivity index (χ1n) is 15.3. The van der Waals surface area contributed by atoms with Crippen LogP contribution in [-0.2, 0) is 9.53 Å². The van der Waals surface area contributed by atoms with Gasteiger partial charge in [0.2, 0.25) is 0 Å². The first-order valence-corrected chi connectivity index (χ1v) is 16.4. The van der Waals surface area contributed by atoms with Crippen molar-refractivity contribution in [2.45, 2.75) is 12.3 Å². The lowest BCUT2D eigenvalue weighted by Gasteiger charge is -2.25. The summed E-state index contributed by atoms with van der Waals surface area (Å²) in [5.41, 5.74) is 0.868. The number of rotatable bonds is 5. The number of nitrogens with one attached hydrogen (secondary N) is 3. The molecule has 2 atom stereocenters. The summed E-state index contributed by atoms with van der Waals surface area (Å²) >= 11 is 3.40. The molecule has 0 radical (unpaired) electrons. The molecule has 3 aromatic heterocycles. The van der Waals surface area contributed by atoms with Gasteiger partial charge in [-0.3, -0.25) is 9.59 Å². The second kappa shape index (κ2) is 11.5. The Morgan fingerprint density at radius 2 is 1.86 bits per heavy atom.